The summed E-state index contributed by atoms with van der Waals surface area (Å²) in [7, 11) is 0. The fourth-order valence-electron chi connectivity index (χ4n) is 3.34. The number of carbonyl (C=O) groups excluding carboxylic acids is 2. The second kappa shape index (κ2) is 6.48. The van der Waals surface area contributed by atoms with Crippen LogP contribution in [0.2, 0.25) is 0 Å². The van der Waals surface area contributed by atoms with E-state index in [9.17, 15) is 9.59 Å². The number of hydrogen-bond donors (Lipinski definition) is 0. The summed E-state index contributed by atoms with van der Waals surface area (Å²) in [5.74, 6) is 0.823. The van der Waals surface area contributed by atoms with Crippen LogP contribution >= 0.6 is 0 Å². The summed E-state index contributed by atoms with van der Waals surface area (Å²) in [5.41, 5.74) is 4.18. The molecule has 26 heavy (non-hydrogen) atoms. The van der Waals surface area contributed by atoms with Crippen LogP contribution in [0.4, 0.5) is 0 Å². The Kier molecular flexibility index (Phi) is 4.01. The van der Waals surface area contributed by atoms with Gasteiger partial charge < -0.3 is 9.30 Å². The highest BCUT2D eigenvalue weighted by Crippen LogP contribution is 2.33. The number of aldehydes is 2. The minimum atomic E-state index is 0.611. The highest BCUT2D eigenvalue weighted by atomic mass is 16.5. The first-order valence-corrected chi connectivity index (χ1v) is 8.47. The quantitative estimate of drug-likeness (QED) is 0.489. The molecule has 0 unspecified atom stereocenters. The van der Waals surface area contributed by atoms with Gasteiger partial charge in [-0.3, -0.25) is 9.59 Å². The van der Waals surface area contributed by atoms with Gasteiger partial charge in [-0.15, -0.1) is 0 Å². The van der Waals surface area contributed by atoms with Crippen LogP contribution in [0, 0.1) is 0 Å². The average molecular weight is 343 g/mol. The number of nitrogens with zero attached hydrogens (tertiary/aromatic N) is 1. The molecule has 0 bridgehead atoms. The zero-order chi connectivity index (χ0) is 18.1. The van der Waals surface area contributed by atoms with Gasteiger partial charge in [0.2, 0.25) is 0 Å². The molecule has 0 saturated carbocycles. The molecule has 0 aliphatic heterocycles. The molecule has 0 fully saturated rings. The van der Waals surface area contributed by atoms with Gasteiger partial charge in [0.25, 0.3) is 0 Å². The van der Waals surface area contributed by atoms with Gasteiger partial charge in [-0.25, -0.2) is 0 Å². The van der Waals surface area contributed by atoms with Gasteiger partial charge in [0.15, 0.2) is 0 Å². The molecule has 0 aliphatic rings. The van der Waals surface area contributed by atoms with Crippen molar-refractivity contribution in [3.8, 4) is 11.4 Å². The summed E-state index contributed by atoms with van der Waals surface area (Å²) < 4.78 is 7.66. The van der Waals surface area contributed by atoms with E-state index in [-0.39, 0.29) is 0 Å². The maximum atomic E-state index is 11.2. The van der Waals surface area contributed by atoms with E-state index in [0.717, 1.165) is 45.8 Å². The lowest BCUT2D eigenvalue weighted by Crippen LogP contribution is -1.95. The topological polar surface area (TPSA) is 48.3 Å². The molecule has 0 radical (unpaired) electrons. The van der Waals surface area contributed by atoms with Crippen molar-refractivity contribution in [3.05, 3.63) is 71.8 Å². The van der Waals surface area contributed by atoms with Gasteiger partial charge in [0.05, 0.1) is 17.6 Å². The average Bonchev–Trinajstić information content (AvgIpc) is 3.01. The largest absolute Gasteiger partial charge is 0.494 e. The molecule has 1 aromatic heterocycles. The number of rotatable bonds is 5. The lowest BCUT2D eigenvalue weighted by Gasteiger charge is -2.09. The van der Waals surface area contributed by atoms with Crippen molar-refractivity contribution >= 4 is 34.4 Å². The van der Waals surface area contributed by atoms with Crippen molar-refractivity contribution in [1.29, 1.82) is 0 Å². The molecule has 128 valence electrons. The van der Waals surface area contributed by atoms with E-state index in [1.807, 2.05) is 55.5 Å². The zero-order valence-electron chi connectivity index (χ0n) is 14.3. The predicted octanol–water partition coefficient (Wildman–Crippen LogP) is 4.81. The first-order valence-electron chi connectivity index (χ1n) is 8.47. The Morgan fingerprint density at radius 2 is 1.35 bits per heavy atom. The number of fused-ring (bicyclic) bond motifs is 3. The lowest BCUT2D eigenvalue weighted by atomic mass is 10.1. The van der Waals surface area contributed by atoms with Crippen molar-refractivity contribution in [1.82, 2.24) is 4.57 Å². The first-order chi connectivity index (χ1) is 12.7. The van der Waals surface area contributed by atoms with E-state index in [2.05, 4.69) is 4.57 Å². The van der Waals surface area contributed by atoms with Crippen LogP contribution < -0.4 is 4.74 Å². The van der Waals surface area contributed by atoms with Gasteiger partial charge in [-0.1, -0.05) is 0 Å². The minimum Gasteiger partial charge on any atom is -0.494 e. The van der Waals surface area contributed by atoms with Crippen LogP contribution in [0.1, 0.15) is 27.6 Å². The van der Waals surface area contributed by atoms with Gasteiger partial charge in [0.1, 0.15) is 18.3 Å². The van der Waals surface area contributed by atoms with E-state index in [1.54, 1.807) is 12.1 Å². The summed E-state index contributed by atoms with van der Waals surface area (Å²) in [6.07, 6.45) is 1.67. The maximum Gasteiger partial charge on any atom is 0.150 e. The molecule has 1 heterocycles. The zero-order valence-corrected chi connectivity index (χ0v) is 14.3. The summed E-state index contributed by atoms with van der Waals surface area (Å²) in [5, 5.41) is 1.89. The number of hydrogen-bond acceptors (Lipinski definition) is 3. The molecule has 4 nitrogen and oxygen atoms in total. The van der Waals surface area contributed by atoms with E-state index in [0.29, 0.717) is 17.7 Å². The predicted molar refractivity (Wildman–Crippen MR) is 103 cm³/mol. The van der Waals surface area contributed by atoms with Gasteiger partial charge in [-0.2, -0.15) is 0 Å². The van der Waals surface area contributed by atoms with Crippen LogP contribution in [0.5, 0.6) is 5.75 Å². The normalized spacial score (nSPS) is 11.0. The molecule has 0 aliphatic carbocycles. The summed E-state index contributed by atoms with van der Waals surface area (Å²) in [6, 6.07) is 19.1. The van der Waals surface area contributed by atoms with Crippen molar-refractivity contribution in [2.45, 2.75) is 6.92 Å². The molecule has 4 rings (SSSR count). The van der Waals surface area contributed by atoms with Crippen molar-refractivity contribution in [2.75, 3.05) is 6.61 Å². The van der Waals surface area contributed by atoms with Crippen LogP contribution in [-0.4, -0.2) is 23.7 Å². The van der Waals surface area contributed by atoms with Crippen LogP contribution in [0.25, 0.3) is 27.5 Å². The van der Waals surface area contributed by atoms with Crippen LogP contribution in [0.3, 0.4) is 0 Å². The third-order valence-electron chi connectivity index (χ3n) is 4.49. The van der Waals surface area contributed by atoms with Crippen molar-refractivity contribution in [2.24, 2.45) is 0 Å². The number of benzene rings is 3. The number of carbonyl (C=O) groups is 2. The summed E-state index contributed by atoms with van der Waals surface area (Å²) >= 11 is 0. The Bertz CT molecular complexity index is 1060. The molecular weight excluding hydrogens is 326 g/mol. The fourth-order valence-corrected chi connectivity index (χ4v) is 3.34. The Morgan fingerprint density at radius 3 is 1.81 bits per heavy atom. The third-order valence-corrected chi connectivity index (χ3v) is 4.49. The summed E-state index contributed by atoms with van der Waals surface area (Å²) in [6.45, 7) is 2.58. The third kappa shape index (κ3) is 2.56. The first kappa shape index (κ1) is 16.1. The monoisotopic (exact) mass is 343 g/mol. The van der Waals surface area contributed by atoms with Crippen molar-refractivity contribution < 1.29 is 14.3 Å². The Morgan fingerprint density at radius 1 is 0.808 bits per heavy atom. The van der Waals surface area contributed by atoms with Crippen LogP contribution in [0.15, 0.2) is 60.7 Å². The Hall–Kier alpha value is -3.40. The highest BCUT2D eigenvalue weighted by molar-refractivity contribution is 6.11. The molecular formula is C22H17NO3. The lowest BCUT2D eigenvalue weighted by molar-refractivity contribution is 0.111. The second-order valence-electron chi connectivity index (χ2n) is 6.05. The SMILES string of the molecule is CCOc1ccc(-n2c3ccc(C=O)cc3c3cc(C=O)ccc32)cc1. The number of ether oxygens (including phenoxy) is 1. The van der Waals surface area contributed by atoms with Crippen molar-refractivity contribution in [3.63, 3.8) is 0 Å². The fraction of sp³-hybridized carbons (Fsp3) is 0.0909. The molecule has 4 aromatic rings. The van der Waals surface area contributed by atoms with Gasteiger partial charge in [-0.05, 0) is 67.6 Å². The highest BCUT2D eigenvalue weighted by Gasteiger charge is 2.13. The maximum absolute atomic E-state index is 11.2. The Labute approximate surface area is 150 Å². The second-order valence-corrected chi connectivity index (χ2v) is 6.05. The molecule has 4 heteroatoms. The molecule has 0 amide bonds. The van der Waals surface area contributed by atoms with Gasteiger partial charge in [0, 0.05) is 27.6 Å². The number of aromatic nitrogens is 1. The van der Waals surface area contributed by atoms with Gasteiger partial charge >= 0.3 is 0 Å². The van der Waals surface area contributed by atoms with E-state index >= 15 is 0 Å². The molecule has 0 N–H and O–H groups in total. The molecule has 0 spiro atoms. The Balaban J connectivity index is 2.03. The van der Waals surface area contributed by atoms with E-state index in [4.69, 9.17) is 4.74 Å². The molecule has 0 saturated heterocycles. The van der Waals surface area contributed by atoms with Crippen LogP contribution in [-0.2, 0) is 0 Å². The molecule has 0 atom stereocenters. The summed E-state index contributed by atoms with van der Waals surface area (Å²) in [4.78, 5) is 22.4. The van der Waals surface area contributed by atoms with E-state index in [1.165, 1.54) is 0 Å². The van der Waals surface area contributed by atoms with E-state index < -0.39 is 0 Å². The smallest absolute Gasteiger partial charge is 0.150 e. The molecule has 3 aromatic carbocycles. The standard InChI is InChI=1S/C22H17NO3/c1-2-26-18-7-5-17(6-8-18)23-21-9-3-15(13-24)11-19(21)20-12-16(14-25)4-10-22(20)23/h3-14H,2H2,1H3. The minimum absolute atomic E-state index is 0.611.